The Morgan fingerprint density at radius 1 is 1.50 bits per heavy atom. The number of ether oxygens (including phenoxy) is 1. The van der Waals surface area contributed by atoms with E-state index in [4.69, 9.17) is 0 Å². The molecule has 1 aliphatic heterocycles. The van der Waals surface area contributed by atoms with Crippen LogP contribution in [0.25, 0.3) is 0 Å². The second-order valence-electron chi connectivity index (χ2n) is 4.28. The lowest BCUT2D eigenvalue weighted by Crippen LogP contribution is -2.48. The van der Waals surface area contributed by atoms with E-state index in [2.05, 4.69) is 15.4 Å². The van der Waals surface area contributed by atoms with Crippen LogP contribution in [0.3, 0.4) is 0 Å². The summed E-state index contributed by atoms with van der Waals surface area (Å²) in [6.07, 6.45) is 0.0283. The molecule has 0 aromatic carbocycles. The van der Waals surface area contributed by atoms with Gasteiger partial charge in [0.2, 0.25) is 5.91 Å². The first-order chi connectivity index (χ1) is 8.34. The van der Waals surface area contributed by atoms with E-state index in [9.17, 15) is 18.0 Å². The summed E-state index contributed by atoms with van der Waals surface area (Å²) in [5, 5.41) is 5.42. The zero-order valence-electron chi connectivity index (χ0n) is 10.4. The quantitative estimate of drug-likeness (QED) is 0.603. The van der Waals surface area contributed by atoms with Gasteiger partial charge in [-0.2, -0.15) is 0 Å². The molecule has 0 aliphatic carbocycles. The Kier molecular flexibility index (Phi) is 5.09. The molecule has 0 bridgehead atoms. The second-order valence-corrected chi connectivity index (χ2v) is 6.51. The molecule has 7 nitrogen and oxygen atoms in total. The minimum Gasteiger partial charge on any atom is -0.467 e. The molecule has 0 aromatic rings. The Bertz CT molecular complexity index is 420. The molecule has 1 heterocycles. The van der Waals surface area contributed by atoms with E-state index >= 15 is 0 Å². The molecule has 0 radical (unpaired) electrons. The fourth-order valence-corrected chi connectivity index (χ4v) is 3.20. The Hall–Kier alpha value is -1.15. The van der Waals surface area contributed by atoms with Gasteiger partial charge in [-0.25, -0.2) is 13.2 Å². The maximum atomic E-state index is 11.6. The Morgan fingerprint density at radius 2 is 2.17 bits per heavy atom. The number of methoxy groups -OCH3 is 1. The number of carbonyl (C=O) groups is 2. The van der Waals surface area contributed by atoms with Crippen molar-refractivity contribution in [3.8, 4) is 0 Å². The largest absolute Gasteiger partial charge is 0.467 e. The van der Waals surface area contributed by atoms with E-state index in [1.165, 1.54) is 14.0 Å². The number of nitrogens with one attached hydrogen (secondary N) is 2. The van der Waals surface area contributed by atoms with Crippen molar-refractivity contribution < 1.29 is 22.7 Å². The lowest BCUT2D eigenvalue weighted by molar-refractivity contribution is -0.144. The topological polar surface area (TPSA) is 102 Å². The van der Waals surface area contributed by atoms with Gasteiger partial charge in [-0.3, -0.25) is 4.79 Å². The van der Waals surface area contributed by atoms with Crippen LogP contribution < -0.4 is 10.6 Å². The van der Waals surface area contributed by atoms with Gasteiger partial charge in [0.1, 0.15) is 6.04 Å². The Morgan fingerprint density at radius 3 is 2.72 bits per heavy atom. The van der Waals surface area contributed by atoms with Crippen molar-refractivity contribution in [2.75, 3.05) is 25.2 Å². The third-order valence-electron chi connectivity index (χ3n) is 2.67. The van der Waals surface area contributed by atoms with E-state index < -0.39 is 27.9 Å². The third kappa shape index (κ3) is 4.61. The molecule has 1 rings (SSSR count). The summed E-state index contributed by atoms with van der Waals surface area (Å²) in [5.74, 6) is -0.855. The average Bonchev–Trinajstić information content (AvgIpc) is 2.26. The molecule has 2 N–H and O–H groups in total. The molecule has 2 atom stereocenters. The fourth-order valence-electron chi connectivity index (χ4n) is 1.76. The summed E-state index contributed by atoms with van der Waals surface area (Å²) >= 11 is 0. The summed E-state index contributed by atoms with van der Waals surface area (Å²) in [4.78, 5) is 22.7. The highest BCUT2D eigenvalue weighted by molar-refractivity contribution is 7.91. The predicted molar refractivity (Wildman–Crippen MR) is 64.7 cm³/mol. The van der Waals surface area contributed by atoms with Crippen molar-refractivity contribution in [2.45, 2.75) is 25.4 Å². The zero-order chi connectivity index (χ0) is 13.8. The van der Waals surface area contributed by atoms with E-state index in [1.807, 2.05) is 0 Å². The van der Waals surface area contributed by atoms with Gasteiger partial charge in [-0.1, -0.05) is 0 Å². The predicted octanol–water partition coefficient (Wildman–Crippen LogP) is -1.56. The molecule has 18 heavy (non-hydrogen) atoms. The molecular weight excluding hydrogens is 260 g/mol. The van der Waals surface area contributed by atoms with E-state index in [-0.39, 0.29) is 23.8 Å². The number of carbonyl (C=O) groups excluding carboxylic acids is 2. The summed E-state index contributed by atoms with van der Waals surface area (Å²) in [5.41, 5.74) is 0. The number of hydrogen-bond donors (Lipinski definition) is 2. The molecule has 1 amide bonds. The molecule has 1 saturated heterocycles. The van der Waals surface area contributed by atoms with Gasteiger partial charge in [-0.15, -0.1) is 0 Å². The van der Waals surface area contributed by atoms with Gasteiger partial charge >= 0.3 is 5.97 Å². The first-order valence-electron chi connectivity index (χ1n) is 5.65. The number of esters is 1. The maximum Gasteiger partial charge on any atom is 0.328 e. The van der Waals surface area contributed by atoms with E-state index in [0.717, 1.165) is 0 Å². The highest BCUT2D eigenvalue weighted by Crippen LogP contribution is 2.05. The lowest BCUT2D eigenvalue weighted by Gasteiger charge is -2.23. The number of hydrogen-bond acceptors (Lipinski definition) is 6. The number of rotatable bonds is 4. The smallest absolute Gasteiger partial charge is 0.328 e. The average molecular weight is 278 g/mol. The van der Waals surface area contributed by atoms with Crippen LogP contribution in [0, 0.1) is 0 Å². The molecule has 0 saturated carbocycles. The molecule has 1 unspecified atom stereocenters. The van der Waals surface area contributed by atoms with Crippen molar-refractivity contribution in [1.82, 2.24) is 10.6 Å². The van der Waals surface area contributed by atoms with Crippen LogP contribution in [0.1, 0.15) is 13.3 Å². The molecule has 104 valence electrons. The van der Waals surface area contributed by atoms with Crippen LogP contribution in [-0.4, -0.2) is 57.5 Å². The Balaban J connectivity index is 2.43. The maximum absolute atomic E-state index is 11.6. The first kappa shape index (κ1) is 14.9. The van der Waals surface area contributed by atoms with Gasteiger partial charge in [0.05, 0.1) is 18.6 Å². The lowest BCUT2D eigenvalue weighted by atomic mass is 10.2. The minimum atomic E-state index is -3.06. The van der Waals surface area contributed by atoms with Crippen LogP contribution in [0.15, 0.2) is 0 Å². The van der Waals surface area contributed by atoms with E-state index in [1.54, 1.807) is 0 Å². The van der Waals surface area contributed by atoms with Crippen LogP contribution >= 0.6 is 0 Å². The zero-order valence-corrected chi connectivity index (χ0v) is 11.2. The van der Waals surface area contributed by atoms with E-state index in [0.29, 0.717) is 6.54 Å². The minimum absolute atomic E-state index is 0.0283. The SMILES string of the molecule is COC(=O)[C@H](C)NC(=O)CC1CS(=O)(=O)CCN1. The fraction of sp³-hybridized carbons (Fsp3) is 0.800. The van der Waals surface area contributed by atoms with Crippen LogP contribution in [0.5, 0.6) is 0 Å². The molecule has 1 aliphatic rings. The van der Waals surface area contributed by atoms with Crippen molar-refractivity contribution in [1.29, 1.82) is 0 Å². The van der Waals surface area contributed by atoms with Gasteiger partial charge in [0.25, 0.3) is 0 Å². The molecule has 1 fully saturated rings. The normalized spacial score (nSPS) is 24.0. The van der Waals surface area contributed by atoms with Gasteiger partial charge in [0, 0.05) is 19.0 Å². The summed E-state index contributed by atoms with van der Waals surface area (Å²) < 4.78 is 27.2. The molecular formula is C10H18N2O5S. The highest BCUT2D eigenvalue weighted by atomic mass is 32.2. The molecule has 8 heteroatoms. The van der Waals surface area contributed by atoms with Gasteiger partial charge in [-0.05, 0) is 6.92 Å². The summed E-state index contributed by atoms with van der Waals surface area (Å²) in [6, 6.07) is -1.13. The Labute approximate surface area is 106 Å². The monoisotopic (exact) mass is 278 g/mol. The first-order valence-corrected chi connectivity index (χ1v) is 7.47. The van der Waals surface area contributed by atoms with Crippen molar-refractivity contribution in [3.05, 3.63) is 0 Å². The van der Waals surface area contributed by atoms with Crippen LogP contribution in [0.2, 0.25) is 0 Å². The summed E-state index contributed by atoms with van der Waals surface area (Å²) in [6.45, 7) is 1.86. The third-order valence-corrected chi connectivity index (χ3v) is 4.40. The van der Waals surface area contributed by atoms with Crippen molar-refractivity contribution in [3.63, 3.8) is 0 Å². The molecule has 0 spiro atoms. The van der Waals surface area contributed by atoms with Crippen LogP contribution in [0.4, 0.5) is 0 Å². The van der Waals surface area contributed by atoms with Crippen molar-refractivity contribution in [2.24, 2.45) is 0 Å². The highest BCUT2D eigenvalue weighted by Gasteiger charge is 2.26. The second kappa shape index (κ2) is 6.14. The van der Waals surface area contributed by atoms with Gasteiger partial charge < -0.3 is 15.4 Å². The number of amides is 1. The van der Waals surface area contributed by atoms with Crippen molar-refractivity contribution >= 4 is 21.7 Å². The number of sulfone groups is 1. The standard InChI is InChI=1S/C10H18N2O5S/c1-7(10(14)17-2)12-9(13)5-8-6-18(15,16)4-3-11-8/h7-8,11H,3-6H2,1-2H3,(H,12,13)/t7-,8?/m0/s1. The summed E-state index contributed by atoms with van der Waals surface area (Å²) in [7, 11) is -1.82. The molecule has 0 aromatic heterocycles. The van der Waals surface area contributed by atoms with Gasteiger partial charge in [0.15, 0.2) is 9.84 Å². The van der Waals surface area contributed by atoms with Crippen LogP contribution in [-0.2, 0) is 24.2 Å².